The first-order valence-corrected chi connectivity index (χ1v) is 6.07. The fraction of sp³-hybridized carbons (Fsp3) is 0.636. The number of ether oxygens (including phenoxy) is 1. The third-order valence-electron chi connectivity index (χ3n) is 1.81. The molecule has 0 aliphatic rings. The summed E-state index contributed by atoms with van der Waals surface area (Å²) in [7, 11) is 1.41. The van der Waals surface area contributed by atoms with E-state index in [1.54, 1.807) is 18.7 Å². The first-order valence-electron chi connectivity index (χ1n) is 5.12. The minimum Gasteiger partial charge on any atom is -0.461 e. The molecule has 0 amide bonds. The van der Waals surface area contributed by atoms with E-state index in [1.165, 1.54) is 7.11 Å². The van der Waals surface area contributed by atoms with Gasteiger partial charge >= 0.3 is 5.97 Å². The van der Waals surface area contributed by atoms with E-state index in [9.17, 15) is 4.79 Å². The van der Waals surface area contributed by atoms with E-state index < -0.39 is 5.97 Å². The SMILES string of the molecule is C=CC(C)SC(C)C(=NOC)C(=O)OCC. The number of rotatable bonds is 7. The van der Waals surface area contributed by atoms with Gasteiger partial charge < -0.3 is 9.57 Å². The Morgan fingerprint density at radius 2 is 2.19 bits per heavy atom. The molecule has 4 nitrogen and oxygen atoms in total. The van der Waals surface area contributed by atoms with Crippen molar-refractivity contribution in [2.45, 2.75) is 31.3 Å². The van der Waals surface area contributed by atoms with Gasteiger partial charge in [0.05, 0.1) is 11.9 Å². The quantitative estimate of drug-likeness (QED) is 0.299. The van der Waals surface area contributed by atoms with E-state index in [1.807, 2.05) is 19.9 Å². The second kappa shape index (κ2) is 8.21. The largest absolute Gasteiger partial charge is 0.461 e. The zero-order valence-corrected chi connectivity index (χ0v) is 11.0. The molecule has 0 fully saturated rings. The third kappa shape index (κ3) is 5.21. The smallest absolute Gasteiger partial charge is 0.357 e. The first-order chi connectivity index (χ1) is 7.56. The maximum Gasteiger partial charge on any atom is 0.357 e. The monoisotopic (exact) mass is 245 g/mol. The van der Waals surface area contributed by atoms with Crippen LogP contribution in [0.25, 0.3) is 0 Å². The lowest BCUT2D eigenvalue weighted by Gasteiger charge is -2.15. The van der Waals surface area contributed by atoms with E-state index in [2.05, 4.69) is 16.6 Å². The fourth-order valence-electron chi connectivity index (χ4n) is 1.02. The topological polar surface area (TPSA) is 47.9 Å². The van der Waals surface area contributed by atoms with Gasteiger partial charge in [0.2, 0.25) is 0 Å². The molecule has 0 heterocycles. The van der Waals surface area contributed by atoms with E-state index in [0.717, 1.165) is 0 Å². The van der Waals surface area contributed by atoms with Crippen LogP contribution in [0.3, 0.4) is 0 Å². The van der Waals surface area contributed by atoms with Crippen molar-refractivity contribution in [3.8, 4) is 0 Å². The van der Waals surface area contributed by atoms with Crippen LogP contribution >= 0.6 is 11.8 Å². The predicted octanol–water partition coefficient (Wildman–Crippen LogP) is 2.25. The van der Waals surface area contributed by atoms with Gasteiger partial charge in [-0.15, -0.1) is 18.3 Å². The summed E-state index contributed by atoms with van der Waals surface area (Å²) in [6, 6.07) is 0. The molecule has 0 bridgehead atoms. The predicted molar refractivity (Wildman–Crippen MR) is 67.8 cm³/mol. The second-order valence-electron chi connectivity index (χ2n) is 3.10. The van der Waals surface area contributed by atoms with E-state index in [4.69, 9.17) is 4.74 Å². The van der Waals surface area contributed by atoms with Crippen LogP contribution in [0.15, 0.2) is 17.8 Å². The summed E-state index contributed by atoms with van der Waals surface area (Å²) in [5, 5.41) is 3.87. The molecule has 92 valence electrons. The van der Waals surface area contributed by atoms with Crippen molar-refractivity contribution < 1.29 is 14.4 Å². The van der Waals surface area contributed by atoms with Crippen LogP contribution in [0.2, 0.25) is 0 Å². The molecule has 2 atom stereocenters. The molecule has 0 spiro atoms. The number of esters is 1. The summed E-state index contributed by atoms with van der Waals surface area (Å²) in [5.41, 5.74) is 0.294. The average Bonchev–Trinajstić information content (AvgIpc) is 2.25. The van der Waals surface area contributed by atoms with Crippen LogP contribution < -0.4 is 0 Å². The number of carbonyl (C=O) groups excluding carboxylic acids is 1. The summed E-state index contributed by atoms with van der Waals surface area (Å²) >= 11 is 1.57. The summed E-state index contributed by atoms with van der Waals surface area (Å²) in [5.74, 6) is -0.430. The molecule has 2 unspecified atom stereocenters. The Labute approximate surface area is 101 Å². The maximum absolute atomic E-state index is 11.6. The number of hydrogen-bond acceptors (Lipinski definition) is 5. The Morgan fingerprint density at radius 3 is 2.62 bits per heavy atom. The lowest BCUT2D eigenvalue weighted by Crippen LogP contribution is -2.27. The highest BCUT2D eigenvalue weighted by Gasteiger charge is 2.23. The molecule has 0 saturated carbocycles. The molecule has 0 aliphatic carbocycles. The molecule has 0 aromatic carbocycles. The highest BCUT2D eigenvalue weighted by Crippen LogP contribution is 2.20. The van der Waals surface area contributed by atoms with Crippen LogP contribution in [0.1, 0.15) is 20.8 Å². The fourth-order valence-corrected chi connectivity index (χ4v) is 2.05. The van der Waals surface area contributed by atoms with Gasteiger partial charge in [0.15, 0.2) is 5.71 Å². The van der Waals surface area contributed by atoms with Gasteiger partial charge in [-0.05, 0) is 20.8 Å². The minimum absolute atomic E-state index is 0.0907. The molecule has 0 saturated heterocycles. The number of thioether (sulfide) groups is 1. The zero-order chi connectivity index (χ0) is 12.6. The molecule has 0 rings (SSSR count). The van der Waals surface area contributed by atoms with Crippen molar-refractivity contribution in [2.24, 2.45) is 5.16 Å². The molecule has 0 aromatic heterocycles. The third-order valence-corrected chi connectivity index (χ3v) is 3.06. The molecule has 16 heavy (non-hydrogen) atoms. The molecule has 0 aromatic rings. The summed E-state index contributed by atoms with van der Waals surface area (Å²) in [6.45, 7) is 9.67. The average molecular weight is 245 g/mol. The zero-order valence-electron chi connectivity index (χ0n) is 10.2. The maximum atomic E-state index is 11.6. The molecular formula is C11H19NO3S. The first kappa shape index (κ1) is 15.0. The molecule has 0 aliphatic heterocycles. The van der Waals surface area contributed by atoms with E-state index >= 15 is 0 Å². The van der Waals surface area contributed by atoms with Crippen LogP contribution in [0, 0.1) is 0 Å². The van der Waals surface area contributed by atoms with Crippen LogP contribution in [0.5, 0.6) is 0 Å². The van der Waals surface area contributed by atoms with Crippen LogP contribution in [0.4, 0.5) is 0 Å². The van der Waals surface area contributed by atoms with Crippen molar-refractivity contribution in [3.63, 3.8) is 0 Å². The van der Waals surface area contributed by atoms with Gasteiger partial charge in [-0.3, -0.25) is 0 Å². The molecule has 0 radical (unpaired) electrons. The van der Waals surface area contributed by atoms with E-state index in [-0.39, 0.29) is 10.5 Å². The Balaban J connectivity index is 4.59. The standard InChI is InChI=1S/C11H19NO3S/c1-6-8(3)16-9(4)10(12-14-5)11(13)15-7-2/h6,8-9H,1,7H2,2-5H3. The van der Waals surface area contributed by atoms with Gasteiger partial charge in [0.25, 0.3) is 0 Å². The van der Waals surface area contributed by atoms with Gasteiger partial charge in [-0.2, -0.15) is 0 Å². The molecular weight excluding hydrogens is 226 g/mol. The van der Waals surface area contributed by atoms with Gasteiger partial charge in [0, 0.05) is 5.25 Å². The highest BCUT2D eigenvalue weighted by atomic mass is 32.2. The van der Waals surface area contributed by atoms with Crippen molar-refractivity contribution in [3.05, 3.63) is 12.7 Å². The lowest BCUT2D eigenvalue weighted by molar-refractivity contribution is -0.135. The normalized spacial score (nSPS) is 15.1. The van der Waals surface area contributed by atoms with Crippen molar-refractivity contribution in [1.82, 2.24) is 0 Å². The Bertz CT molecular complexity index is 266. The summed E-state index contributed by atoms with van der Waals surface area (Å²) in [4.78, 5) is 16.2. The number of carbonyl (C=O) groups is 1. The molecule has 5 heteroatoms. The van der Waals surface area contributed by atoms with Crippen molar-refractivity contribution in [1.29, 1.82) is 0 Å². The van der Waals surface area contributed by atoms with Crippen molar-refractivity contribution >= 4 is 23.4 Å². The number of oxime groups is 1. The van der Waals surface area contributed by atoms with Gasteiger partial charge in [-0.25, -0.2) is 4.79 Å². The van der Waals surface area contributed by atoms with Gasteiger partial charge in [-0.1, -0.05) is 11.2 Å². The molecule has 0 N–H and O–H groups in total. The Kier molecular flexibility index (Phi) is 7.72. The Hall–Kier alpha value is -0.970. The van der Waals surface area contributed by atoms with Crippen molar-refractivity contribution in [2.75, 3.05) is 13.7 Å². The van der Waals surface area contributed by atoms with Gasteiger partial charge in [0.1, 0.15) is 7.11 Å². The van der Waals surface area contributed by atoms with Crippen LogP contribution in [-0.2, 0) is 14.4 Å². The summed E-state index contributed by atoms with van der Waals surface area (Å²) in [6.07, 6.45) is 1.82. The Morgan fingerprint density at radius 1 is 1.56 bits per heavy atom. The number of nitrogens with zero attached hydrogens (tertiary/aromatic N) is 1. The highest BCUT2D eigenvalue weighted by molar-refractivity contribution is 8.01. The lowest BCUT2D eigenvalue weighted by atomic mass is 10.3. The van der Waals surface area contributed by atoms with E-state index in [0.29, 0.717) is 12.3 Å². The van der Waals surface area contributed by atoms with Crippen LogP contribution in [-0.4, -0.2) is 35.9 Å². The summed E-state index contributed by atoms with van der Waals surface area (Å²) < 4.78 is 4.90. The number of hydrogen-bond donors (Lipinski definition) is 0. The minimum atomic E-state index is -0.430. The second-order valence-corrected chi connectivity index (χ2v) is 4.82.